The molecule has 0 aliphatic rings. The number of carbonyl (C=O) groups excluding carboxylic acids is 2. The average Bonchev–Trinajstić information content (AvgIpc) is 2.65. The maximum Gasteiger partial charge on any atom is 0.248 e. The van der Waals surface area contributed by atoms with Gasteiger partial charge in [-0.15, -0.1) is 0 Å². The molecule has 1 amide bonds. The summed E-state index contributed by atoms with van der Waals surface area (Å²) in [5, 5.41) is 2.75. The van der Waals surface area contributed by atoms with Gasteiger partial charge in [0, 0.05) is 17.3 Å². The number of methoxy groups -OCH3 is 1. The van der Waals surface area contributed by atoms with E-state index in [1.165, 1.54) is 13.0 Å². The van der Waals surface area contributed by atoms with Gasteiger partial charge in [0.25, 0.3) is 0 Å². The number of Topliss-reactive ketones (excluding diaryl/α,β-unsaturated/α-hetero) is 1. The van der Waals surface area contributed by atoms with Gasteiger partial charge in [-0.05, 0) is 61.4 Å². The monoisotopic (exact) mass is 353 g/mol. The molecule has 2 aromatic carbocycles. The molecular formula is C21H23NO4. The van der Waals surface area contributed by atoms with Gasteiger partial charge in [0.2, 0.25) is 5.91 Å². The Labute approximate surface area is 153 Å². The number of nitrogens with one attached hydrogen (secondary N) is 1. The average molecular weight is 353 g/mol. The molecule has 0 aliphatic carbocycles. The number of rotatable bonds is 8. The first-order valence-corrected chi connectivity index (χ1v) is 8.44. The number of hydrogen-bond acceptors (Lipinski definition) is 4. The molecule has 0 aliphatic heterocycles. The molecule has 0 unspecified atom stereocenters. The van der Waals surface area contributed by atoms with Crippen molar-refractivity contribution in [3.8, 4) is 11.5 Å². The van der Waals surface area contributed by atoms with Crippen LogP contribution in [-0.4, -0.2) is 25.4 Å². The summed E-state index contributed by atoms with van der Waals surface area (Å²) in [4.78, 5) is 23.3. The first-order chi connectivity index (χ1) is 12.5. The lowest BCUT2D eigenvalue weighted by molar-refractivity contribution is -0.111. The largest absolute Gasteiger partial charge is 0.493 e. The molecule has 0 saturated carbocycles. The van der Waals surface area contributed by atoms with E-state index in [0.29, 0.717) is 29.4 Å². The second-order valence-electron chi connectivity index (χ2n) is 5.71. The molecule has 5 heteroatoms. The summed E-state index contributed by atoms with van der Waals surface area (Å²) in [6.07, 6.45) is 4.06. The van der Waals surface area contributed by atoms with Gasteiger partial charge >= 0.3 is 0 Å². The van der Waals surface area contributed by atoms with Gasteiger partial charge in [-0.25, -0.2) is 0 Å². The van der Waals surface area contributed by atoms with Crippen LogP contribution < -0.4 is 14.8 Å². The third kappa shape index (κ3) is 5.48. The molecule has 1 N–H and O–H groups in total. The second kappa shape index (κ2) is 9.42. The van der Waals surface area contributed by atoms with Crippen molar-refractivity contribution in [2.45, 2.75) is 20.3 Å². The summed E-state index contributed by atoms with van der Waals surface area (Å²) in [6.45, 7) is 4.16. The van der Waals surface area contributed by atoms with E-state index in [1.807, 2.05) is 25.1 Å². The fourth-order valence-electron chi connectivity index (χ4n) is 2.26. The highest BCUT2D eigenvalue weighted by atomic mass is 16.5. The molecule has 0 aromatic heterocycles. The zero-order valence-electron chi connectivity index (χ0n) is 15.2. The van der Waals surface area contributed by atoms with E-state index in [4.69, 9.17) is 9.47 Å². The van der Waals surface area contributed by atoms with E-state index in [2.05, 4.69) is 5.32 Å². The summed E-state index contributed by atoms with van der Waals surface area (Å²) in [6, 6.07) is 12.3. The molecule has 136 valence electrons. The molecule has 0 fully saturated rings. The number of ether oxygens (including phenoxy) is 2. The van der Waals surface area contributed by atoms with Crippen molar-refractivity contribution < 1.29 is 19.1 Å². The molecule has 0 saturated heterocycles. The second-order valence-corrected chi connectivity index (χ2v) is 5.71. The van der Waals surface area contributed by atoms with Gasteiger partial charge in [-0.3, -0.25) is 9.59 Å². The molecular weight excluding hydrogens is 330 g/mol. The smallest absolute Gasteiger partial charge is 0.248 e. The summed E-state index contributed by atoms with van der Waals surface area (Å²) >= 11 is 0. The minimum atomic E-state index is -0.258. The van der Waals surface area contributed by atoms with E-state index >= 15 is 0 Å². The van der Waals surface area contributed by atoms with Gasteiger partial charge in [0.1, 0.15) is 0 Å². The van der Waals surface area contributed by atoms with E-state index in [-0.39, 0.29) is 11.7 Å². The third-order valence-corrected chi connectivity index (χ3v) is 3.64. The van der Waals surface area contributed by atoms with Crippen LogP contribution >= 0.6 is 0 Å². The maximum absolute atomic E-state index is 12.0. The minimum Gasteiger partial charge on any atom is -0.493 e. The molecule has 0 radical (unpaired) electrons. The van der Waals surface area contributed by atoms with E-state index < -0.39 is 0 Å². The lowest BCUT2D eigenvalue weighted by atomic mass is 10.1. The minimum absolute atomic E-state index is 0.0110. The van der Waals surface area contributed by atoms with Crippen molar-refractivity contribution in [1.29, 1.82) is 0 Å². The zero-order chi connectivity index (χ0) is 18.9. The first-order valence-electron chi connectivity index (χ1n) is 8.44. The van der Waals surface area contributed by atoms with Crippen molar-refractivity contribution in [1.82, 2.24) is 0 Å². The lowest BCUT2D eigenvalue weighted by Gasteiger charge is -2.10. The highest BCUT2D eigenvalue weighted by molar-refractivity contribution is 6.02. The fourth-order valence-corrected chi connectivity index (χ4v) is 2.26. The van der Waals surface area contributed by atoms with Crippen LogP contribution in [0.5, 0.6) is 11.5 Å². The van der Waals surface area contributed by atoms with Gasteiger partial charge in [-0.1, -0.05) is 13.0 Å². The van der Waals surface area contributed by atoms with Crippen molar-refractivity contribution >= 4 is 23.5 Å². The standard InChI is InChI=1S/C21H23NO4/c1-4-13-26-19-11-5-16(14-20(19)25-3)6-12-21(24)22-18-9-7-17(8-10-18)15(2)23/h5-12,14H,4,13H2,1-3H3,(H,22,24)/b12-6+. The highest BCUT2D eigenvalue weighted by Crippen LogP contribution is 2.28. The number of ketones is 1. The van der Waals surface area contributed by atoms with Gasteiger partial charge in [0.05, 0.1) is 13.7 Å². The Bertz CT molecular complexity index is 794. The summed E-state index contributed by atoms with van der Waals surface area (Å²) in [7, 11) is 1.58. The predicted molar refractivity (Wildman–Crippen MR) is 103 cm³/mol. The Morgan fingerprint density at radius 2 is 1.81 bits per heavy atom. The van der Waals surface area contributed by atoms with Crippen molar-refractivity contribution in [3.63, 3.8) is 0 Å². The Kier molecular flexibility index (Phi) is 6.97. The number of carbonyl (C=O) groups is 2. The van der Waals surface area contributed by atoms with Crippen LogP contribution in [0.25, 0.3) is 6.08 Å². The number of hydrogen-bond donors (Lipinski definition) is 1. The Balaban J connectivity index is 2.01. The van der Waals surface area contributed by atoms with Gasteiger partial charge in [0.15, 0.2) is 17.3 Å². The molecule has 2 aromatic rings. The van der Waals surface area contributed by atoms with Crippen LogP contribution in [0.2, 0.25) is 0 Å². The van der Waals surface area contributed by atoms with Crippen molar-refractivity contribution in [2.75, 3.05) is 19.0 Å². The topological polar surface area (TPSA) is 64.6 Å². The van der Waals surface area contributed by atoms with Crippen molar-refractivity contribution in [2.24, 2.45) is 0 Å². The van der Waals surface area contributed by atoms with Crippen LogP contribution in [0.1, 0.15) is 36.2 Å². The SMILES string of the molecule is CCCOc1ccc(/C=C/C(=O)Nc2ccc(C(C)=O)cc2)cc1OC. The Morgan fingerprint density at radius 1 is 1.08 bits per heavy atom. The van der Waals surface area contributed by atoms with Crippen molar-refractivity contribution in [3.05, 3.63) is 59.7 Å². The quantitative estimate of drug-likeness (QED) is 0.566. The lowest BCUT2D eigenvalue weighted by Crippen LogP contribution is -2.07. The van der Waals surface area contributed by atoms with Crippen LogP contribution in [-0.2, 0) is 4.79 Å². The summed E-state index contributed by atoms with van der Waals surface area (Å²) in [5.41, 5.74) is 2.06. The molecule has 0 atom stereocenters. The normalized spacial score (nSPS) is 10.6. The fraction of sp³-hybridized carbons (Fsp3) is 0.238. The van der Waals surface area contributed by atoms with Crippen LogP contribution in [0.3, 0.4) is 0 Å². The zero-order valence-corrected chi connectivity index (χ0v) is 15.2. The van der Waals surface area contributed by atoms with Crippen LogP contribution in [0.15, 0.2) is 48.5 Å². The third-order valence-electron chi connectivity index (χ3n) is 3.64. The first kappa shape index (κ1) is 19.2. The summed E-state index contributed by atoms with van der Waals surface area (Å²) in [5.74, 6) is 1.04. The Morgan fingerprint density at radius 3 is 2.42 bits per heavy atom. The molecule has 2 rings (SSSR count). The van der Waals surface area contributed by atoms with Gasteiger partial charge < -0.3 is 14.8 Å². The molecule has 5 nitrogen and oxygen atoms in total. The van der Waals surface area contributed by atoms with E-state index in [0.717, 1.165) is 12.0 Å². The van der Waals surface area contributed by atoms with Crippen LogP contribution in [0, 0.1) is 0 Å². The molecule has 0 spiro atoms. The predicted octanol–water partition coefficient (Wildman–Crippen LogP) is 4.34. The molecule has 26 heavy (non-hydrogen) atoms. The molecule has 0 heterocycles. The number of benzene rings is 2. The van der Waals surface area contributed by atoms with E-state index in [9.17, 15) is 9.59 Å². The molecule has 0 bridgehead atoms. The van der Waals surface area contributed by atoms with Crippen LogP contribution in [0.4, 0.5) is 5.69 Å². The number of anilines is 1. The Hall–Kier alpha value is -3.08. The number of amides is 1. The summed E-state index contributed by atoms with van der Waals surface area (Å²) < 4.78 is 10.9. The maximum atomic E-state index is 12.0. The van der Waals surface area contributed by atoms with E-state index in [1.54, 1.807) is 37.5 Å². The van der Waals surface area contributed by atoms with Gasteiger partial charge in [-0.2, -0.15) is 0 Å². The highest BCUT2D eigenvalue weighted by Gasteiger charge is 2.05.